The Morgan fingerprint density at radius 3 is 2.55 bits per heavy atom. The molecular weight excluding hydrogens is 282 g/mol. The molecule has 114 valence electrons. The molecule has 2 aromatic carbocycles. The van der Waals surface area contributed by atoms with Gasteiger partial charge in [-0.2, -0.15) is 0 Å². The van der Waals surface area contributed by atoms with E-state index in [0.717, 1.165) is 5.69 Å². The van der Waals surface area contributed by atoms with E-state index in [4.69, 9.17) is 5.73 Å². The molecule has 0 amide bonds. The minimum Gasteiger partial charge on any atom is -0.378 e. The molecule has 0 bridgehead atoms. The molecule has 7 nitrogen and oxygen atoms in total. The van der Waals surface area contributed by atoms with Crippen LogP contribution in [0.3, 0.4) is 0 Å². The number of guanidine groups is 1. The summed E-state index contributed by atoms with van der Waals surface area (Å²) in [6.07, 6.45) is 0. The Kier molecular flexibility index (Phi) is 5.31. The van der Waals surface area contributed by atoms with Crippen molar-refractivity contribution in [2.45, 2.75) is 0 Å². The Labute approximate surface area is 128 Å². The molecule has 0 saturated carbocycles. The van der Waals surface area contributed by atoms with Crippen LogP contribution in [0.15, 0.2) is 59.6 Å². The minimum atomic E-state index is -0.420. The maximum absolute atomic E-state index is 10.9. The molecular formula is C15H17N5O2. The quantitative estimate of drug-likeness (QED) is 0.250. The van der Waals surface area contributed by atoms with Crippen molar-refractivity contribution < 1.29 is 4.92 Å². The zero-order valence-electron chi connectivity index (χ0n) is 11.9. The molecule has 4 N–H and O–H groups in total. The maximum Gasteiger partial charge on any atom is 0.292 e. The predicted molar refractivity (Wildman–Crippen MR) is 88.1 cm³/mol. The summed E-state index contributed by atoms with van der Waals surface area (Å²) in [6.45, 7) is 0.847. The number of aliphatic imine (C=N–C) groups is 1. The molecule has 7 heteroatoms. The molecule has 0 atom stereocenters. The number of benzene rings is 2. The zero-order valence-corrected chi connectivity index (χ0v) is 11.9. The van der Waals surface area contributed by atoms with Crippen molar-refractivity contribution in [1.29, 1.82) is 0 Å². The van der Waals surface area contributed by atoms with Gasteiger partial charge in [0.2, 0.25) is 0 Å². The third kappa shape index (κ3) is 4.48. The van der Waals surface area contributed by atoms with Gasteiger partial charge in [-0.25, -0.2) is 0 Å². The third-order valence-corrected chi connectivity index (χ3v) is 2.86. The summed E-state index contributed by atoms with van der Waals surface area (Å²) in [4.78, 5) is 14.6. The maximum atomic E-state index is 10.9. The Morgan fingerprint density at radius 1 is 1.14 bits per heavy atom. The topological polar surface area (TPSA) is 106 Å². The first kappa shape index (κ1) is 15.3. The van der Waals surface area contributed by atoms with Crippen LogP contribution in [-0.2, 0) is 0 Å². The molecule has 0 saturated heterocycles. The number of rotatable bonds is 6. The molecule has 0 aliphatic heterocycles. The van der Waals surface area contributed by atoms with Crippen molar-refractivity contribution in [2.75, 3.05) is 23.7 Å². The number of anilines is 2. The Morgan fingerprint density at radius 2 is 1.82 bits per heavy atom. The molecule has 0 aromatic heterocycles. The molecule has 2 aromatic rings. The van der Waals surface area contributed by atoms with Gasteiger partial charge in [-0.3, -0.25) is 15.1 Å². The van der Waals surface area contributed by atoms with E-state index < -0.39 is 4.92 Å². The molecule has 2 rings (SSSR count). The third-order valence-electron chi connectivity index (χ3n) is 2.86. The SMILES string of the molecule is NC(=NCCNc1ccccc1[N+](=O)[O-])Nc1ccccc1. The van der Waals surface area contributed by atoms with Crippen molar-refractivity contribution in [1.82, 2.24) is 0 Å². The van der Waals surface area contributed by atoms with Crippen molar-refractivity contribution in [3.8, 4) is 0 Å². The van der Waals surface area contributed by atoms with E-state index in [0.29, 0.717) is 24.7 Å². The predicted octanol–water partition coefficient (Wildman–Crippen LogP) is 2.43. The second-order valence-corrected chi connectivity index (χ2v) is 4.46. The standard InChI is InChI=1S/C15H17N5O2/c16-15(19-12-6-2-1-3-7-12)18-11-10-17-13-8-4-5-9-14(13)20(21)22/h1-9,17H,10-11H2,(H3,16,18,19). The number of nitro benzene ring substituents is 1. The summed E-state index contributed by atoms with van der Waals surface area (Å²) in [7, 11) is 0. The van der Waals surface area contributed by atoms with Gasteiger partial charge in [0.25, 0.3) is 5.69 Å². The van der Waals surface area contributed by atoms with Crippen LogP contribution in [0.4, 0.5) is 17.1 Å². The van der Waals surface area contributed by atoms with Gasteiger partial charge in [0.15, 0.2) is 5.96 Å². The van der Waals surface area contributed by atoms with E-state index in [9.17, 15) is 10.1 Å². The fourth-order valence-electron chi connectivity index (χ4n) is 1.86. The van der Waals surface area contributed by atoms with E-state index in [1.54, 1.807) is 18.2 Å². The van der Waals surface area contributed by atoms with Crippen LogP contribution in [0, 0.1) is 10.1 Å². The Bertz CT molecular complexity index is 658. The summed E-state index contributed by atoms with van der Waals surface area (Å²) in [5, 5.41) is 16.8. The molecule has 0 heterocycles. The number of hydrogen-bond acceptors (Lipinski definition) is 4. The van der Waals surface area contributed by atoms with Gasteiger partial charge in [0, 0.05) is 18.3 Å². The molecule has 0 radical (unpaired) electrons. The van der Waals surface area contributed by atoms with Gasteiger partial charge in [-0.1, -0.05) is 30.3 Å². The highest BCUT2D eigenvalue weighted by atomic mass is 16.6. The summed E-state index contributed by atoms with van der Waals surface area (Å²) in [6, 6.07) is 16.0. The van der Waals surface area contributed by atoms with Crippen molar-refractivity contribution in [3.63, 3.8) is 0 Å². The fourth-order valence-corrected chi connectivity index (χ4v) is 1.86. The fraction of sp³-hybridized carbons (Fsp3) is 0.133. The number of nitro groups is 1. The number of nitrogens with zero attached hydrogens (tertiary/aromatic N) is 2. The summed E-state index contributed by atoms with van der Waals surface area (Å²) < 4.78 is 0. The number of nitrogens with two attached hydrogens (primary N) is 1. The highest BCUT2D eigenvalue weighted by molar-refractivity contribution is 5.92. The van der Waals surface area contributed by atoms with E-state index in [1.165, 1.54) is 6.07 Å². The van der Waals surface area contributed by atoms with E-state index in [2.05, 4.69) is 15.6 Å². The van der Waals surface area contributed by atoms with E-state index in [1.807, 2.05) is 30.3 Å². The van der Waals surface area contributed by atoms with Crippen LogP contribution < -0.4 is 16.4 Å². The van der Waals surface area contributed by atoms with Gasteiger partial charge >= 0.3 is 0 Å². The Balaban J connectivity index is 1.84. The van der Waals surface area contributed by atoms with E-state index in [-0.39, 0.29) is 5.69 Å². The van der Waals surface area contributed by atoms with Gasteiger partial charge in [-0.15, -0.1) is 0 Å². The summed E-state index contributed by atoms with van der Waals surface area (Å²) in [5.74, 6) is 0.301. The average molecular weight is 299 g/mol. The highest BCUT2D eigenvalue weighted by Crippen LogP contribution is 2.22. The molecule has 0 aliphatic rings. The lowest BCUT2D eigenvalue weighted by Gasteiger charge is -2.07. The summed E-state index contributed by atoms with van der Waals surface area (Å²) >= 11 is 0. The minimum absolute atomic E-state index is 0.0434. The van der Waals surface area contributed by atoms with E-state index >= 15 is 0 Å². The van der Waals surface area contributed by atoms with Crippen LogP contribution >= 0.6 is 0 Å². The zero-order chi connectivity index (χ0) is 15.8. The number of para-hydroxylation sites is 3. The number of nitrogens with one attached hydrogen (secondary N) is 2. The van der Waals surface area contributed by atoms with Crippen molar-refractivity contribution in [3.05, 3.63) is 64.7 Å². The lowest BCUT2D eigenvalue weighted by atomic mass is 10.2. The van der Waals surface area contributed by atoms with Crippen LogP contribution in [-0.4, -0.2) is 24.0 Å². The second kappa shape index (κ2) is 7.63. The van der Waals surface area contributed by atoms with Crippen LogP contribution in [0.25, 0.3) is 0 Å². The van der Waals surface area contributed by atoms with Crippen LogP contribution in [0.5, 0.6) is 0 Å². The smallest absolute Gasteiger partial charge is 0.292 e. The molecule has 0 aliphatic carbocycles. The van der Waals surface area contributed by atoms with Gasteiger partial charge in [0.05, 0.1) is 11.5 Å². The lowest BCUT2D eigenvalue weighted by molar-refractivity contribution is -0.384. The lowest BCUT2D eigenvalue weighted by Crippen LogP contribution is -2.23. The summed E-state index contributed by atoms with van der Waals surface area (Å²) in [5.41, 5.74) is 7.14. The van der Waals surface area contributed by atoms with Gasteiger partial charge in [0.1, 0.15) is 5.69 Å². The van der Waals surface area contributed by atoms with Gasteiger partial charge in [-0.05, 0) is 18.2 Å². The Hall–Kier alpha value is -3.09. The first-order valence-electron chi connectivity index (χ1n) is 6.76. The first-order valence-corrected chi connectivity index (χ1v) is 6.76. The molecule has 0 unspecified atom stereocenters. The van der Waals surface area contributed by atoms with Crippen molar-refractivity contribution in [2.24, 2.45) is 10.7 Å². The van der Waals surface area contributed by atoms with Gasteiger partial charge < -0.3 is 16.4 Å². The molecule has 22 heavy (non-hydrogen) atoms. The first-order chi connectivity index (χ1) is 10.7. The van der Waals surface area contributed by atoms with Crippen molar-refractivity contribution >= 4 is 23.0 Å². The largest absolute Gasteiger partial charge is 0.378 e. The van der Waals surface area contributed by atoms with Crippen LogP contribution in [0.1, 0.15) is 0 Å². The monoisotopic (exact) mass is 299 g/mol. The normalized spacial score (nSPS) is 11.0. The highest BCUT2D eigenvalue weighted by Gasteiger charge is 2.10. The molecule has 0 spiro atoms. The van der Waals surface area contributed by atoms with Crippen LogP contribution in [0.2, 0.25) is 0 Å². The molecule has 0 fully saturated rings. The number of hydrogen-bond donors (Lipinski definition) is 3. The second-order valence-electron chi connectivity index (χ2n) is 4.46. The average Bonchev–Trinajstić information content (AvgIpc) is 2.53.